The fourth-order valence-electron chi connectivity index (χ4n) is 1.95. The molecule has 0 aromatic heterocycles. The van der Waals surface area contributed by atoms with Crippen LogP contribution in [0.4, 0.5) is 0 Å². The summed E-state index contributed by atoms with van der Waals surface area (Å²) in [5, 5.41) is 0.290. The van der Waals surface area contributed by atoms with Crippen LogP contribution in [0.25, 0.3) is 0 Å². The zero-order valence-corrected chi connectivity index (χ0v) is 11.3. The second kappa shape index (κ2) is 4.88. The van der Waals surface area contributed by atoms with Crippen LogP contribution in [0.1, 0.15) is 25.3 Å². The molecule has 82 valence electrons. The molecule has 0 nitrogen and oxygen atoms in total. The van der Waals surface area contributed by atoms with Crippen molar-refractivity contribution in [3.63, 3.8) is 0 Å². The minimum Gasteiger partial charge on any atom is -0.122 e. The number of hydrogen-bond acceptors (Lipinski definition) is 0. The number of rotatable bonds is 4. The lowest BCUT2D eigenvalue weighted by Crippen LogP contribution is -2.16. The van der Waals surface area contributed by atoms with Crippen LogP contribution >= 0.6 is 27.5 Å². The van der Waals surface area contributed by atoms with Gasteiger partial charge in [-0.3, -0.25) is 0 Å². The Bertz CT molecular complexity index is 316. The molecule has 1 fully saturated rings. The van der Waals surface area contributed by atoms with E-state index in [4.69, 9.17) is 11.6 Å². The van der Waals surface area contributed by atoms with E-state index in [1.807, 2.05) is 0 Å². The van der Waals surface area contributed by atoms with Crippen molar-refractivity contribution >= 4 is 27.5 Å². The molecular weight excluding hydrogens is 272 g/mol. The third-order valence-electron chi connectivity index (χ3n) is 3.28. The Hall–Kier alpha value is -0.0100. The first-order chi connectivity index (χ1) is 7.16. The van der Waals surface area contributed by atoms with Crippen molar-refractivity contribution < 1.29 is 0 Å². The van der Waals surface area contributed by atoms with E-state index < -0.39 is 0 Å². The molecule has 0 bridgehead atoms. The van der Waals surface area contributed by atoms with Gasteiger partial charge in [-0.2, -0.15) is 0 Å². The van der Waals surface area contributed by atoms with Crippen molar-refractivity contribution in [1.29, 1.82) is 0 Å². The Balaban J connectivity index is 1.92. The molecule has 0 aliphatic heterocycles. The number of hydrogen-bond donors (Lipinski definition) is 0. The Kier molecular flexibility index (Phi) is 3.73. The topological polar surface area (TPSA) is 0 Å². The molecule has 0 radical (unpaired) electrons. The average Bonchev–Trinajstić information content (AvgIpc) is 3.04. The molecule has 0 heterocycles. The molecule has 1 saturated carbocycles. The largest absolute Gasteiger partial charge is 0.122 e. The number of halogens is 2. The van der Waals surface area contributed by atoms with Gasteiger partial charge in [0.05, 0.1) is 0 Å². The van der Waals surface area contributed by atoms with Gasteiger partial charge >= 0.3 is 0 Å². The van der Waals surface area contributed by atoms with Crippen LogP contribution in [0, 0.1) is 11.8 Å². The fourth-order valence-corrected chi connectivity index (χ4v) is 2.60. The molecule has 2 atom stereocenters. The minimum atomic E-state index is 0.290. The molecule has 0 spiro atoms. The van der Waals surface area contributed by atoms with Crippen molar-refractivity contribution in [2.75, 3.05) is 0 Å². The van der Waals surface area contributed by atoms with Crippen LogP contribution in [0.15, 0.2) is 28.7 Å². The summed E-state index contributed by atoms with van der Waals surface area (Å²) in [6, 6.07) is 8.47. The minimum absolute atomic E-state index is 0.290. The van der Waals surface area contributed by atoms with Crippen molar-refractivity contribution in [1.82, 2.24) is 0 Å². The molecular formula is C13H16BrCl. The van der Waals surface area contributed by atoms with E-state index in [0.717, 1.165) is 16.8 Å². The smallest absolute Gasteiger partial charge is 0.0404 e. The predicted molar refractivity (Wildman–Crippen MR) is 69.4 cm³/mol. The van der Waals surface area contributed by atoms with E-state index in [9.17, 15) is 0 Å². The summed E-state index contributed by atoms with van der Waals surface area (Å²) in [4.78, 5) is 0. The van der Waals surface area contributed by atoms with Gasteiger partial charge in [0.2, 0.25) is 0 Å². The maximum Gasteiger partial charge on any atom is 0.0404 e. The molecule has 1 aliphatic carbocycles. The van der Waals surface area contributed by atoms with Crippen LogP contribution in [-0.2, 0) is 6.42 Å². The summed E-state index contributed by atoms with van der Waals surface area (Å²) >= 11 is 9.87. The van der Waals surface area contributed by atoms with Gasteiger partial charge in [0.1, 0.15) is 0 Å². The Labute approximate surface area is 105 Å². The second-order valence-electron chi connectivity index (χ2n) is 4.54. The van der Waals surface area contributed by atoms with Crippen molar-refractivity contribution in [2.45, 2.75) is 31.6 Å². The van der Waals surface area contributed by atoms with Crippen LogP contribution < -0.4 is 0 Å². The quantitative estimate of drug-likeness (QED) is 0.707. The SMILES string of the molecule is CC(C(Cl)Cc1ccc(Br)cc1)C1CC1. The highest BCUT2D eigenvalue weighted by Gasteiger charge is 2.32. The maximum absolute atomic E-state index is 6.43. The first kappa shape index (κ1) is 11.5. The van der Waals surface area contributed by atoms with Crippen LogP contribution in [0.5, 0.6) is 0 Å². The molecule has 1 aliphatic rings. The standard InChI is InChI=1S/C13H16BrCl/c1-9(11-4-5-11)13(15)8-10-2-6-12(14)7-3-10/h2-3,6-7,9,11,13H,4-5,8H2,1H3. The monoisotopic (exact) mass is 286 g/mol. The van der Waals surface area contributed by atoms with E-state index in [1.54, 1.807) is 0 Å². The molecule has 2 rings (SSSR count). The summed E-state index contributed by atoms with van der Waals surface area (Å²) in [5.41, 5.74) is 1.34. The van der Waals surface area contributed by atoms with Gasteiger partial charge in [0.25, 0.3) is 0 Å². The van der Waals surface area contributed by atoms with Crippen molar-refractivity contribution in [2.24, 2.45) is 11.8 Å². The van der Waals surface area contributed by atoms with Crippen molar-refractivity contribution in [3.8, 4) is 0 Å². The molecule has 0 saturated heterocycles. The summed E-state index contributed by atoms with van der Waals surface area (Å²) in [5.74, 6) is 1.55. The summed E-state index contributed by atoms with van der Waals surface area (Å²) in [6.07, 6.45) is 3.75. The Morgan fingerprint density at radius 3 is 2.47 bits per heavy atom. The lowest BCUT2D eigenvalue weighted by Gasteiger charge is -2.17. The van der Waals surface area contributed by atoms with Gasteiger partial charge in [-0.1, -0.05) is 35.0 Å². The van der Waals surface area contributed by atoms with Gasteiger partial charge in [-0.05, 0) is 48.8 Å². The highest BCUT2D eigenvalue weighted by molar-refractivity contribution is 9.10. The zero-order chi connectivity index (χ0) is 10.8. The molecule has 2 heteroatoms. The molecule has 0 amide bonds. The zero-order valence-electron chi connectivity index (χ0n) is 8.92. The predicted octanol–water partition coefficient (Wildman–Crippen LogP) is 4.65. The maximum atomic E-state index is 6.43. The lowest BCUT2D eigenvalue weighted by atomic mass is 9.96. The fraction of sp³-hybridized carbons (Fsp3) is 0.538. The molecule has 1 aromatic rings. The third kappa shape index (κ3) is 3.22. The van der Waals surface area contributed by atoms with Crippen LogP contribution in [0.2, 0.25) is 0 Å². The van der Waals surface area contributed by atoms with Gasteiger partial charge in [-0.15, -0.1) is 11.6 Å². The van der Waals surface area contributed by atoms with Crippen LogP contribution in [-0.4, -0.2) is 5.38 Å². The van der Waals surface area contributed by atoms with E-state index in [-0.39, 0.29) is 0 Å². The summed E-state index contributed by atoms with van der Waals surface area (Å²) in [6.45, 7) is 2.29. The van der Waals surface area contributed by atoms with Gasteiger partial charge < -0.3 is 0 Å². The molecule has 15 heavy (non-hydrogen) atoms. The van der Waals surface area contributed by atoms with Gasteiger partial charge in [0, 0.05) is 9.85 Å². The first-order valence-electron chi connectivity index (χ1n) is 5.55. The van der Waals surface area contributed by atoms with Gasteiger partial charge in [-0.25, -0.2) is 0 Å². The first-order valence-corrected chi connectivity index (χ1v) is 6.78. The van der Waals surface area contributed by atoms with E-state index >= 15 is 0 Å². The van der Waals surface area contributed by atoms with E-state index in [1.165, 1.54) is 18.4 Å². The molecule has 2 unspecified atom stereocenters. The second-order valence-corrected chi connectivity index (χ2v) is 6.02. The highest BCUT2D eigenvalue weighted by Crippen LogP contribution is 2.40. The average molecular weight is 288 g/mol. The number of benzene rings is 1. The Morgan fingerprint density at radius 1 is 1.33 bits per heavy atom. The van der Waals surface area contributed by atoms with E-state index in [0.29, 0.717) is 11.3 Å². The third-order valence-corrected chi connectivity index (χ3v) is 4.36. The summed E-state index contributed by atoms with van der Waals surface area (Å²) < 4.78 is 1.13. The summed E-state index contributed by atoms with van der Waals surface area (Å²) in [7, 11) is 0. The van der Waals surface area contributed by atoms with Crippen molar-refractivity contribution in [3.05, 3.63) is 34.3 Å². The normalized spacial score (nSPS) is 19.9. The lowest BCUT2D eigenvalue weighted by molar-refractivity contribution is 0.478. The molecule has 1 aromatic carbocycles. The van der Waals surface area contributed by atoms with Crippen LogP contribution in [0.3, 0.4) is 0 Å². The molecule has 0 N–H and O–H groups in total. The Morgan fingerprint density at radius 2 is 1.93 bits per heavy atom. The van der Waals surface area contributed by atoms with Gasteiger partial charge in [0.15, 0.2) is 0 Å². The number of alkyl halides is 1. The van der Waals surface area contributed by atoms with E-state index in [2.05, 4.69) is 47.1 Å². The highest BCUT2D eigenvalue weighted by atomic mass is 79.9.